The molecule has 28 heavy (non-hydrogen) atoms. The van der Waals surface area contributed by atoms with Gasteiger partial charge < -0.3 is 9.84 Å². The first-order valence-electron chi connectivity index (χ1n) is 10.3. The van der Waals surface area contributed by atoms with Crippen molar-refractivity contribution in [3.8, 4) is 0 Å². The van der Waals surface area contributed by atoms with Crippen molar-refractivity contribution >= 4 is 15.7 Å². The average Bonchev–Trinajstić information content (AvgIpc) is 2.59. The van der Waals surface area contributed by atoms with Crippen LogP contribution >= 0.6 is 0 Å². The zero-order valence-corrected chi connectivity index (χ0v) is 18.1. The Morgan fingerprint density at radius 2 is 1.93 bits per heavy atom. The van der Waals surface area contributed by atoms with Gasteiger partial charge in [-0.05, 0) is 49.4 Å². The Bertz CT molecular complexity index is 734. The lowest BCUT2D eigenvalue weighted by Gasteiger charge is -2.46. The van der Waals surface area contributed by atoms with Crippen LogP contribution in [0.5, 0.6) is 0 Å². The number of nitrogens with zero attached hydrogens (tertiary/aromatic N) is 1. The first kappa shape index (κ1) is 23.1. The third-order valence-electron chi connectivity index (χ3n) is 5.67. The molecule has 1 aliphatic rings. The van der Waals surface area contributed by atoms with E-state index in [-0.39, 0.29) is 24.3 Å². The second-order valence-corrected chi connectivity index (χ2v) is 9.82. The van der Waals surface area contributed by atoms with Crippen molar-refractivity contribution in [1.29, 1.82) is 0 Å². The van der Waals surface area contributed by atoms with Gasteiger partial charge in [-0.2, -0.15) is 0 Å². The molecule has 2 rings (SSSR count). The molecule has 160 valence electrons. The van der Waals surface area contributed by atoms with Crippen LogP contribution in [0.1, 0.15) is 70.5 Å². The number of unbranched alkanes of at least 4 members (excludes halogenated alkanes) is 1. The van der Waals surface area contributed by atoms with Crippen LogP contribution in [0, 0.1) is 11.2 Å². The summed E-state index contributed by atoms with van der Waals surface area (Å²) in [6, 6.07) is 4.13. The van der Waals surface area contributed by atoms with E-state index in [9.17, 15) is 17.9 Å². The molecule has 1 aromatic rings. The Hall–Kier alpha value is -1.18. The Morgan fingerprint density at radius 1 is 1.21 bits per heavy atom. The van der Waals surface area contributed by atoms with Crippen LogP contribution in [-0.2, 0) is 14.8 Å². The summed E-state index contributed by atoms with van der Waals surface area (Å²) in [7, 11) is -3.60. The van der Waals surface area contributed by atoms with Crippen molar-refractivity contribution in [2.45, 2.75) is 64.9 Å². The highest BCUT2D eigenvalue weighted by molar-refractivity contribution is 7.92. The molecule has 0 saturated heterocycles. The number of sulfonamides is 1. The van der Waals surface area contributed by atoms with Crippen molar-refractivity contribution in [2.75, 3.05) is 30.3 Å². The molecule has 1 unspecified atom stereocenters. The minimum atomic E-state index is -3.60. The number of aliphatic hydroxyl groups excluding tert-OH is 1. The summed E-state index contributed by atoms with van der Waals surface area (Å²) in [5.74, 6) is -0.543. The topological polar surface area (TPSA) is 66.8 Å². The molecule has 1 aromatic carbocycles. The van der Waals surface area contributed by atoms with E-state index in [1.807, 2.05) is 0 Å². The van der Waals surface area contributed by atoms with Gasteiger partial charge in [-0.15, -0.1) is 0 Å². The second kappa shape index (κ2) is 10.0. The summed E-state index contributed by atoms with van der Waals surface area (Å²) >= 11 is 0. The summed E-state index contributed by atoms with van der Waals surface area (Å²) in [5.41, 5.74) is 0.462. The number of aliphatic hydroxyl groups is 1. The molecule has 1 aliphatic carbocycles. The third kappa shape index (κ3) is 5.67. The van der Waals surface area contributed by atoms with Crippen LogP contribution in [0.3, 0.4) is 0 Å². The van der Waals surface area contributed by atoms with E-state index in [0.717, 1.165) is 55.5 Å². The molecule has 0 bridgehead atoms. The van der Waals surface area contributed by atoms with Crippen LogP contribution in [0.25, 0.3) is 0 Å². The summed E-state index contributed by atoms with van der Waals surface area (Å²) in [4.78, 5) is 0. The Kier molecular flexibility index (Phi) is 8.28. The molecule has 0 spiro atoms. The van der Waals surface area contributed by atoms with E-state index in [0.29, 0.717) is 12.2 Å². The lowest BCUT2D eigenvalue weighted by Crippen LogP contribution is -2.36. The summed E-state index contributed by atoms with van der Waals surface area (Å²) in [6.07, 6.45) is 6.93. The van der Waals surface area contributed by atoms with Gasteiger partial charge in [-0.1, -0.05) is 33.1 Å². The summed E-state index contributed by atoms with van der Waals surface area (Å²) < 4.78 is 45.6. The molecular formula is C21H34FNO4S. The molecule has 1 saturated carbocycles. The highest BCUT2D eigenvalue weighted by atomic mass is 32.2. The highest BCUT2D eigenvalue weighted by Gasteiger charge is 2.43. The van der Waals surface area contributed by atoms with Gasteiger partial charge in [0.1, 0.15) is 5.82 Å². The van der Waals surface area contributed by atoms with Gasteiger partial charge >= 0.3 is 0 Å². The first-order chi connectivity index (χ1) is 13.2. The summed E-state index contributed by atoms with van der Waals surface area (Å²) in [6.45, 7) is 5.05. The average molecular weight is 416 g/mol. The van der Waals surface area contributed by atoms with E-state index in [4.69, 9.17) is 4.74 Å². The Balaban J connectivity index is 2.25. The van der Waals surface area contributed by atoms with Crippen LogP contribution in [0.4, 0.5) is 10.1 Å². The molecule has 1 N–H and O–H groups in total. The van der Waals surface area contributed by atoms with E-state index < -0.39 is 21.9 Å². The normalized spacial score (nSPS) is 17.2. The van der Waals surface area contributed by atoms with Gasteiger partial charge in [0.25, 0.3) is 0 Å². The number of ether oxygens (including phenoxy) is 1. The maximum atomic E-state index is 14.4. The monoisotopic (exact) mass is 415 g/mol. The number of hydrogen-bond acceptors (Lipinski definition) is 4. The van der Waals surface area contributed by atoms with Gasteiger partial charge in [0.15, 0.2) is 0 Å². The molecule has 1 atom stereocenters. The van der Waals surface area contributed by atoms with Crippen molar-refractivity contribution in [1.82, 2.24) is 0 Å². The molecular weight excluding hydrogens is 381 g/mol. The van der Waals surface area contributed by atoms with Crippen LogP contribution < -0.4 is 4.31 Å². The lowest BCUT2D eigenvalue weighted by molar-refractivity contribution is -0.0441. The fraction of sp³-hybridized carbons (Fsp3) is 0.714. The predicted molar refractivity (Wildman–Crippen MR) is 110 cm³/mol. The molecule has 1 fully saturated rings. The first-order valence-corrected chi connectivity index (χ1v) is 12.1. The number of hydrogen-bond donors (Lipinski definition) is 1. The Morgan fingerprint density at radius 3 is 2.46 bits per heavy atom. The summed E-state index contributed by atoms with van der Waals surface area (Å²) in [5, 5.41) is 11.0. The maximum absolute atomic E-state index is 14.4. The molecule has 0 aliphatic heterocycles. The van der Waals surface area contributed by atoms with Gasteiger partial charge in [0.05, 0.1) is 31.2 Å². The zero-order chi connectivity index (χ0) is 20.8. The van der Waals surface area contributed by atoms with Crippen LogP contribution in [0.2, 0.25) is 0 Å². The highest BCUT2D eigenvalue weighted by Crippen LogP contribution is 2.53. The fourth-order valence-electron chi connectivity index (χ4n) is 4.02. The minimum Gasteiger partial charge on any atom is -0.388 e. The van der Waals surface area contributed by atoms with Crippen molar-refractivity contribution < 1.29 is 22.7 Å². The standard InChI is InChI=1S/C21H34FNO4S/c1-4-6-12-27-13-11-23(28(3,25)26)19-15-17(14-18(22)16-19)20(24)21(8-5-2)9-7-10-21/h14-16,20,24H,4-13H2,1-3H3. The van der Waals surface area contributed by atoms with Gasteiger partial charge in [-0.3, -0.25) is 4.31 Å². The minimum absolute atomic E-state index is 0.113. The van der Waals surface area contributed by atoms with Gasteiger partial charge in [0.2, 0.25) is 10.0 Å². The van der Waals surface area contributed by atoms with Gasteiger partial charge in [-0.25, -0.2) is 12.8 Å². The van der Waals surface area contributed by atoms with E-state index >= 15 is 0 Å². The largest absolute Gasteiger partial charge is 0.388 e. The molecule has 7 heteroatoms. The molecule has 0 amide bonds. The SMILES string of the molecule is CCCCOCCN(c1cc(F)cc(C(O)C2(CCC)CCC2)c1)S(C)(=O)=O. The van der Waals surface area contributed by atoms with E-state index in [1.165, 1.54) is 12.1 Å². The number of benzene rings is 1. The molecule has 0 heterocycles. The lowest BCUT2D eigenvalue weighted by atomic mass is 9.61. The fourth-order valence-corrected chi connectivity index (χ4v) is 4.92. The number of halogens is 1. The van der Waals surface area contributed by atoms with E-state index in [1.54, 1.807) is 6.07 Å². The zero-order valence-electron chi connectivity index (χ0n) is 17.3. The smallest absolute Gasteiger partial charge is 0.232 e. The molecule has 0 radical (unpaired) electrons. The second-order valence-electron chi connectivity index (χ2n) is 7.91. The molecule has 5 nitrogen and oxygen atoms in total. The van der Waals surface area contributed by atoms with Crippen LogP contribution in [0.15, 0.2) is 18.2 Å². The van der Waals surface area contributed by atoms with Crippen molar-refractivity contribution in [3.63, 3.8) is 0 Å². The molecule has 0 aromatic heterocycles. The van der Waals surface area contributed by atoms with Crippen LogP contribution in [-0.4, -0.2) is 39.5 Å². The third-order valence-corrected chi connectivity index (χ3v) is 6.86. The quantitative estimate of drug-likeness (QED) is 0.514. The van der Waals surface area contributed by atoms with E-state index in [2.05, 4.69) is 13.8 Å². The van der Waals surface area contributed by atoms with Crippen molar-refractivity contribution in [3.05, 3.63) is 29.6 Å². The maximum Gasteiger partial charge on any atom is 0.232 e. The Labute approximate surface area is 168 Å². The number of rotatable bonds is 12. The number of anilines is 1. The predicted octanol–water partition coefficient (Wildman–Crippen LogP) is 4.41. The van der Waals surface area contributed by atoms with Crippen molar-refractivity contribution in [2.24, 2.45) is 5.41 Å². The van der Waals surface area contributed by atoms with Gasteiger partial charge in [0, 0.05) is 12.0 Å².